The third kappa shape index (κ3) is 5.31. The van der Waals surface area contributed by atoms with Crippen LogP contribution in [0.5, 0.6) is 11.5 Å². The van der Waals surface area contributed by atoms with Crippen LogP contribution in [0.2, 0.25) is 5.02 Å². The highest BCUT2D eigenvalue weighted by molar-refractivity contribution is 9.10. The third-order valence-electron chi connectivity index (χ3n) is 3.62. The second kappa shape index (κ2) is 9.97. The van der Waals surface area contributed by atoms with Crippen molar-refractivity contribution in [1.82, 2.24) is 5.32 Å². The SMILES string of the molecule is COc1ccc(Br)c(CNCCCO)c1OCc1c(F)cccc1Cl. The molecule has 2 aromatic rings. The van der Waals surface area contributed by atoms with E-state index in [1.807, 2.05) is 6.07 Å². The van der Waals surface area contributed by atoms with Crippen molar-refractivity contribution in [3.63, 3.8) is 0 Å². The summed E-state index contributed by atoms with van der Waals surface area (Å²) in [7, 11) is 1.55. The van der Waals surface area contributed by atoms with Crippen LogP contribution in [0.25, 0.3) is 0 Å². The van der Waals surface area contributed by atoms with Gasteiger partial charge in [-0.3, -0.25) is 0 Å². The Morgan fingerprint density at radius 2 is 2.04 bits per heavy atom. The van der Waals surface area contributed by atoms with Gasteiger partial charge in [-0.1, -0.05) is 33.6 Å². The highest BCUT2D eigenvalue weighted by Gasteiger charge is 2.16. The normalized spacial score (nSPS) is 10.8. The van der Waals surface area contributed by atoms with Gasteiger partial charge in [0, 0.05) is 28.8 Å². The van der Waals surface area contributed by atoms with Crippen molar-refractivity contribution in [3.05, 3.63) is 56.8 Å². The molecular weight excluding hydrogens is 413 g/mol. The maximum atomic E-state index is 14.0. The molecule has 0 bridgehead atoms. The van der Waals surface area contributed by atoms with Gasteiger partial charge >= 0.3 is 0 Å². The first-order chi connectivity index (χ1) is 12.1. The molecule has 0 heterocycles. The van der Waals surface area contributed by atoms with E-state index in [2.05, 4.69) is 21.2 Å². The summed E-state index contributed by atoms with van der Waals surface area (Å²) in [5.74, 6) is 0.659. The molecule has 0 unspecified atom stereocenters. The molecule has 0 aliphatic rings. The van der Waals surface area contributed by atoms with E-state index in [-0.39, 0.29) is 13.2 Å². The van der Waals surface area contributed by atoms with Crippen molar-refractivity contribution in [2.45, 2.75) is 19.6 Å². The summed E-state index contributed by atoms with van der Waals surface area (Å²) < 4.78 is 26.1. The largest absolute Gasteiger partial charge is 0.493 e. The number of hydrogen-bond donors (Lipinski definition) is 2. The van der Waals surface area contributed by atoms with Gasteiger partial charge in [0.25, 0.3) is 0 Å². The maximum absolute atomic E-state index is 14.0. The van der Waals surface area contributed by atoms with E-state index in [0.29, 0.717) is 41.6 Å². The van der Waals surface area contributed by atoms with E-state index >= 15 is 0 Å². The van der Waals surface area contributed by atoms with Crippen LogP contribution >= 0.6 is 27.5 Å². The quantitative estimate of drug-likeness (QED) is 0.580. The highest BCUT2D eigenvalue weighted by Crippen LogP contribution is 2.37. The second-order valence-electron chi connectivity index (χ2n) is 5.30. The van der Waals surface area contributed by atoms with Gasteiger partial charge in [0.1, 0.15) is 12.4 Å². The van der Waals surface area contributed by atoms with Crippen molar-refractivity contribution in [3.8, 4) is 11.5 Å². The lowest BCUT2D eigenvalue weighted by Gasteiger charge is -2.17. The van der Waals surface area contributed by atoms with E-state index in [9.17, 15) is 4.39 Å². The first-order valence-electron chi connectivity index (χ1n) is 7.81. The number of aliphatic hydroxyl groups is 1. The number of benzene rings is 2. The number of ether oxygens (including phenoxy) is 2. The Bertz CT molecular complexity index is 695. The van der Waals surface area contributed by atoms with Crippen molar-refractivity contribution in [1.29, 1.82) is 0 Å². The predicted octanol–water partition coefficient (Wildman–Crippen LogP) is 4.30. The molecule has 0 aliphatic carbocycles. The second-order valence-corrected chi connectivity index (χ2v) is 6.56. The summed E-state index contributed by atoms with van der Waals surface area (Å²) in [5, 5.41) is 12.4. The van der Waals surface area contributed by atoms with Crippen LogP contribution in [-0.2, 0) is 13.2 Å². The van der Waals surface area contributed by atoms with E-state index in [4.69, 9.17) is 26.2 Å². The number of rotatable bonds is 9. The van der Waals surface area contributed by atoms with Gasteiger partial charge in [0.2, 0.25) is 0 Å². The Balaban J connectivity index is 2.23. The lowest BCUT2D eigenvalue weighted by Crippen LogP contribution is -2.17. The summed E-state index contributed by atoms with van der Waals surface area (Å²) >= 11 is 9.57. The van der Waals surface area contributed by atoms with Gasteiger partial charge in [-0.05, 0) is 37.2 Å². The van der Waals surface area contributed by atoms with Gasteiger partial charge < -0.3 is 19.9 Å². The van der Waals surface area contributed by atoms with Crippen LogP contribution in [0.15, 0.2) is 34.8 Å². The number of aliphatic hydroxyl groups excluding tert-OH is 1. The Hall–Kier alpha value is -1.34. The number of hydrogen-bond acceptors (Lipinski definition) is 4. The standard InChI is InChI=1S/C18H20BrClFNO3/c1-24-17-7-6-14(19)12(10-22-8-3-9-23)18(17)25-11-13-15(20)4-2-5-16(13)21/h2,4-7,22-23H,3,8-11H2,1H3. The molecule has 136 valence electrons. The monoisotopic (exact) mass is 431 g/mol. The molecule has 0 saturated carbocycles. The van der Waals surface area contributed by atoms with Crippen molar-refractivity contribution >= 4 is 27.5 Å². The van der Waals surface area contributed by atoms with Crippen molar-refractivity contribution in [2.24, 2.45) is 0 Å². The van der Waals surface area contributed by atoms with Crippen molar-refractivity contribution < 1.29 is 19.0 Å². The van der Waals surface area contributed by atoms with Crippen LogP contribution in [0.1, 0.15) is 17.5 Å². The molecule has 0 atom stereocenters. The Kier molecular flexibility index (Phi) is 7.96. The van der Waals surface area contributed by atoms with Crippen LogP contribution < -0.4 is 14.8 Å². The van der Waals surface area contributed by atoms with Gasteiger partial charge in [-0.15, -0.1) is 0 Å². The van der Waals surface area contributed by atoms with Gasteiger partial charge in [-0.25, -0.2) is 4.39 Å². The maximum Gasteiger partial charge on any atom is 0.167 e. The minimum atomic E-state index is -0.413. The Morgan fingerprint density at radius 1 is 1.24 bits per heavy atom. The smallest absolute Gasteiger partial charge is 0.167 e. The minimum Gasteiger partial charge on any atom is -0.493 e. The molecular formula is C18H20BrClFNO3. The fourth-order valence-corrected chi connectivity index (χ4v) is 2.97. The molecule has 0 aliphatic heterocycles. The van der Waals surface area contributed by atoms with Crippen LogP contribution in [0.4, 0.5) is 4.39 Å². The highest BCUT2D eigenvalue weighted by atomic mass is 79.9. The molecule has 2 N–H and O–H groups in total. The van der Waals surface area contributed by atoms with Gasteiger partial charge in [-0.2, -0.15) is 0 Å². The Morgan fingerprint density at radius 3 is 2.72 bits per heavy atom. The van der Waals surface area contributed by atoms with E-state index in [1.54, 1.807) is 25.3 Å². The fourth-order valence-electron chi connectivity index (χ4n) is 2.30. The topological polar surface area (TPSA) is 50.7 Å². The summed E-state index contributed by atoms with van der Waals surface area (Å²) in [4.78, 5) is 0. The molecule has 4 nitrogen and oxygen atoms in total. The minimum absolute atomic E-state index is 0.0119. The third-order valence-corrected chi connectivity index (χ3v) is 4.72. The average Bonchev–Trinajstić information content (AvgIpc) is 2.60. The summed E-state index contributed by atoms with van der Waals surface area (Å²) in [6.07, 6.45) is 0.655. The van der Waals surface area contributed by atoms with Crippen LogP contribution in [0, 0.1) is 5.82 Å². The lowest BCUT2D eigenvalue weighted by atomic mass is 10.1. The van der Waals surface area contributed by atoms with E-state index < -0.39 is 5.82 Å². The zero-order valence-electron chi connectivity index (χ0n) is 13.8. The van der Waals surface area contributed by atoms with Gasteiger partial charge in [0.15, 0.2) is 11.5 Å². The number of methoxy groups -OCH3 is 1. The fraction of sp³-hybridized carbons (Fsp3) is 0.333. The molecule has 0 amide bonds. The summed E-state index contributed by atoms with van der Waals surface area (Å²) in [5.41, 5.74) is 1.15. The molecule has 0 spiro atoms. The van der Waals surface area contributed by atoms with Crippen LogP contribution in [-0.4, -0.2) is 25.4 Å². The number of halogens is 3. The van der Waals surface area contributed by atoms with E-state index in [0.717, 1.165) is 10.0 Å². The first-order valence-corrected chi connectivity index (χ1v) is 8.98. The summed E-state index contributed by atoms with van der Waals surface area (Å²) in [6, 6.07) is 8.17. The molecule has 2 rings (SSSR count). The molecule has 0 fully saturated rings. The molecule has 0 saturated heterocycles. The Labute approximate surface area is 160 Å². The molecule has 7 heteroatoms. The number of nitrogens with one attached hydrogen (secondary N) is 1. The molecule has 2 aromatic carbocycles. The predicted molar refractivity (Wildman–Crippen MR) is 99.8 cm³/mol. The van der Waals surface area contributed by atoms with E-state index in [1.165, 1.54) is 6.07 Å². The van der Waals surface area contributed by atoms with Gasteiger partial charge in [0.05, 0.1) is 12.1 Å². The molecule has 0 aromatic heterocycles. The lowest BCUT2D eigenvalue weighted by molar-refractivity contribution is 0.274. The average molecular weight is 433 g/mol. The summed E-state index contributed by atoms with van der Waals surface area (Å²) in [6.45, 7) is 1.29. The van der Waals surface area contributed by atoms with Crippen molar-refractivity contribution in [2.75, 3.05) is 20.3 Å². The zero-order chi connectivity index (χ0) is 18.2. The van der Waals surface area contributed by atoms with Crippen LogP contribution in [0.3, 0.4) is 0 Å². The first kappa shape index (κ1) is 20.0. The zero-order valence-corrected chi connectivity index (χ0v) is 16.2. The molecule has 0 radical (unpaired) electrons. The molecule has 25 heavy (non-hydrogen) atoms.